The Hall–Kier alpha value is -1.49. The zero-order valence-corrected chi connectivity index (χ0v) is 12.8. The van der Waals surface area contributed by atoms with Gasteiger partial charge in [0.15, 0.2) is 0 Å². The van der Waals surface area contributed by atoms with E-state index >= 15 is 0 Å². The number of rotatable bonds is 3. The van der Waals surface area contributed by atoms with Crippen molar-refractivity contribution in [1.82, 2.24) is 4.90 Å². The lowest BCUT2D eigenvalue weighted by Crippen LogP contribution is -2.45. The van der Waals surface area contributed by atoms with E-state index in [9.17, 15) is 13.6 Å². The molecule has 1 aliphatic heterocycles. The molecular formula is C17H22F2N2O. The number of carbonyl (C=O) groups is 1. The molecule has 2 fully saturated rings. The number of benzene rings is 1. The summed E-state index contributed by atoms with van der Waals surface area (Å²) in [4.78, 5) is 14.4. The Morgan fingerprint density at radius 2 is 2.05 bits per heavy atom. The molecule has 3 rings (SSSR count). The molecule has 4 unspecified atom stereocenters. The van der Waals surface area contributed by atoms with Gasteiger partial charge in [-0.05, 0) is 44.2 Å². The second-order valence-corrected chi connectivity index (χ2v) is 6.63. The minimum atomic E-state index is -0.549. The predicted molar refractivity (Wildman–Crippen MR) is 80.2 cm³/mol. The molecule has 0 radical (unpaired) electrons. The van der Waals surface area contributed by atoms with Crippen LogP contribution in [0, 0.1) is 23.5 Å². The zero-order chi connectivity index (χ0) is 15.9. The second kappa shape index (κ2) is 5.95. The van der Waals surface area contributed by atoms with Crippen molar-refractivity contribution in [3.05, 3.63) is 35.4 Å². The molecule has 1 aromatic carbocycles. The van der Waals surface area contributed by atoms with Crippen molar-refractivity contribution >= 4 is 5.91 Å². The minimum Gasteiger partial charge on any atom is -0.342 e. The summed E-state index contributed by atoms with van der Waals surface area (Å²) in [5.41, 5.74) is 6.01. The Morgan fingerprint density at radius 1 is 1.36 bits per heavy atom. The maximum absolute atomic E-state index is 13.8. The molecule has 0 aromatic heterocycles. The molecule has 120 valence electrons. The fraction of sp³-hybridized carbons (Fsp3) is 0.588. The third-order valence-corrected chi connectivity index (χ3v) is 4.99. The van der Waals surface area contributed by atoms with E-state index in [0.29, 0.717) is 18.9 Å². The second-order valence-electron chi connectivity index (χ2n) is 6.63. The average molecular weight is 308 g/mol. The van der Waals surface area contributed by atoms with Crippen LogP contribution in [-0.2, 0) is 4.79 Å². The maximum atomic E-state index is 13.8. The van der Waals surface area contributed by atoms with Crippen molar-refractivity contribution < 1.29 is 13.6 Å². The number of nitrogens with two attached hydrogens (primary N) is 1. The van der Waals surface area contributed by atoms with Crippen LogP contribution < -0.4 is 5.73 Å². The van der Waals surface area contributed by atoms with Crippen LogP contribution in [0.4, 0.5) is 8.78 Å². The number of hydrogen-bond acceptors (Lipinski definition) is 2. The van der Waals surface area contributed by atoms with E-state index in [4.69, 9.17) is 5.73 Å². The van der Waals surface area contributed by atoms with E-state index < -0.39 is 11.6 Å². The summed E-state index contributed by atoms with van der Waals surface area (Å²) in [5, 5.41) is 0. The largest absolute Gasteiger partial charge is 0.342 e. The van der Waals surface area contributed by atoms with E-state index in [1.54, 1.807) is 0 Å². The fourth-order valence-electron chi connectivity index (χ4n) is 3.53. The summed E-state index contributed by atoms with van der Waals surface area (Å²) in [7, 11) is 0. The standard InChI is InChI=1S/C17H22F2N2O/c1-10(20)11-4-3-7-21(9-11)17(22)13-8-12(13)16-14(18)5-2-6-15(16)19/h2,5-6,10-13H,3-4,7-9,20H2,1H3. The Kier molecular flexibility index (Phi) is 4.17. The van der Waals surface area contributed by atoms with Crippen molar-refractivity contribution in [2.24, 2.45) is 17.6 Å². The molecule has 5 heteroatoms. The van der Waals surface area contributed by atoms with E-state index in [1.807, 2.05) is 11.8 Å². The van der Waals surface area contributed by atoms with E-state index in [-0.39, 0.29) is 29.3 Å². The first kappa shape index (κ1) is 15.4. The van der Waals surface area contributed by atoms with Crippen molar-refractivity contribution in [2.75, 3.05) is 13.1 Å². The first-order valence-corrected chi connectivity index (χ1v) is 7.97. The van der Waals surface area contributed by atoms with Crippen LogP contribution in [0.2, 0.25) is 0 Å². The van der Waals surface area contributed by atoms with E-state index in [0.717, 1.165) is 19.4 Å². The monoisotopic (exact) mass is 308 g/mol. The number of halogens is 2. The summed E-state index contributed by atoms with van der Waals surface area (Å²) in [6.45, 7) is 3.36. The smallest absolute Gasteiger partial charge is 0.226 e. The lowest BCUT2D eigenvalue weighted by molar-refractivity contribution is -0.134. The van der Waals surface area contributed by atoms with Gasteiger partial charge in [-0.1, -0.05) is 6.07 Å². The first-order valence-electron chi connectivity index (χ1n) is 7.97. The topological polar surface area (TPSA) is 46.3 Å². The van der Waals surface area contributed by atoms with Crippen molar-refractivity contribution in [1.29, 1.82) is 0 Å². The van der Waals surface area contributed by atoms with Crippen LogP contribution in [0.1, 0.15) is 37.7 Å². The van der Waals surface area contributed by atoms with Gasteiger partial charge in [0.2, 0.25) is 5.91 Å². The van der Waals surface area contributed by atoms with Gasteiger partial charge in [-0.15, -0.1) is 0 Å². The molecule has 0 bridgehead atoms. The maximum Gasteiger partial charge on any atom is 0.226 e. The molecule has 4 atom stereocenters. The number of carbonyl (C=O) groups excluding carboxylic acids is 1. The molecule has 1 aromatic rings. The van der Waals surface area contributed by atoms with Crippen LogP contribution >= 0.6 is 0 Å². The Morgan fingerprint density at radius 3 is 2.68 bits per heavy atom. The first-order chi connectivity index (χ1) is 10.5. The highest BCUT2D eigenvalue weighted by molar-refractivity contribution is 5.83. The van der Waals surface area contributed by atoms with Crippen LogP contribution in [0.25, 0.3) is 0 Å². The van der Waals surface area contributed by atoms with Crippen LogP contribution in [0.15, 0.2) is 18.2 Å². The van der Waals surface area contributed by atoms with Crippen molar-refractivity contribution in [3.63, 3.8) is 0 Å². The number of amides is 1. The number of piperidine rings is 1. The molecule has 0 spiro atoms. The van der Waals surface area contributed by atoms with Gasteiger partial charge in [0.1, 0.15) is 11.6 Å². The van der Waals surface area contributed by atoms with Gasteiger partial charge in [-0.2, -0.15) is 0 Å². The third-order valence-electron chi connectivity index (χ3n) is 4.99. The lowest BCUT2D eigenvalue weighted by atomic mass is 9.92. The molecule has 22 heavy (non-hydrogen) atoms. The summed E-state index contributed by atoms with van der Waals surface area (Å²) in [6, 6.07) is 3.93. The zero-order valence-electron chi connectivity index (χ0n) is 12.8. The molecule has 2 N–H and O–H groups in total. The quantitative estimate of drug-likeness (QED) is 0.933. The van der Waals surface area contributed by atoms with Gasteiger partial charge in [0.25, 0.3) is 0 Å². The van der Waals surface area contributed by atoms with Crippen LogP contribution in [-0.4, -0.2) is 29.9 Å². The summed E-state index contributed by atoms with van der Waals surface area (Å²) in [6.07, 6.45) is 2.52. The van der Waals surface area contributed by atoms with Gasteiger partial charge < -0.3 is 10.6 Å². The predicted octanol–water partition coefficient (Wildman–Crippen LogP) is 2.65. The number of nitrogens with zero attached hydrogens (tertiary/aromatic N) is 1. The van der Waals surface area contributed by atoms with Crippen LogP contribution in [0.5, 0.6) is 0 Å². The van der Waals surface area contributed by atoms with E-state index in [2.05, 4.69) is 0 Å². The minimum absolute atomic E-state index is 0.0259. The molecule has 1 aliphatic carbocycles. The van der Waals surface area contributed by atoms with Gasteiger partial charge in [-0.25, -0.2) is 8.78 Å². The Bertz CT molecular complexity index is 556. The van der Waals surface area contributed by atoms with Crippen molar-refractivity contribution in [2.45, 2.75) is 38.1 Å². The molecule has 1 saturated carbocycles. The Labute approximate surface area is 129 Å². The molecule has 1 saturated heterocycles. The van der Waals surface area contributed by atoms with Gasteiger partial charge in [-0.3, -0.25) is 4.79 Å². The molecule has 3 nitrogen and oxygen atoms in total. The third kappa shape index (κ3) is 2.86. The lowest BCUT2D eigenvalue weighted by Gasteiger charge is -2.34. The molecule has 1 heterocycles. The molecular weight excluding hydrogens is 286 g/mol. The SMILES string of the molecule is CC(N)C1CCCN(C(=O)C2CC2c2c(F)cccc2F)C1. The summed E-state index contributed by atoms with van der Waals surface area (Å²) in [5.74, 6) is -1.35. The van der Waals surface area contributed by atoms with E-state index in [1.165, 1.54) is 18.2 Å². The average Bonchev–Trinajstić information content (AvgIpc) is 3.26. The number of hydrogen-bond donors (Lipinski definition) is 1. The fourth-order valence-corrected chi connectivity index (χ4v) is 3.53. The van der Waals surface area contributed by atoms with Gasteiger partial charge in [0, 0.05) is 36.5 Å². The van der Waals surface area contributed by atoms with Gasteiger partial charge >= 0.3 is 0 Å². The molecule has 2 aliphatic rings. The normalized spacial score (nSPS) is 29.3. The highest BCUT2D eigenvalue weighted by Crippen LogP contribution is 2.50. The Balaban J connectivity index is 1.68. The summed E-state index contributed by atoms with van der Waals surface area (Å²) < 4.78 is 27.6. The number of likely N-dealkylation sites (tertiary alicyclic amines) is 1. The van der Waals surface area contributed by atoms with Gasteiger partial charge in [0.05, 0.1) is 0 Å². The highest BCUT2D eigenvalue weighted by Gasteiger charge is 2.48. The molecule has 1 amide bonds. The highest BCUT2D eigenvalue weighted by atomic mass is 19.1. The van der Waals surface area contributed by atoms with Crippen LogP contribution in [0.3, 0.4) is 0 Å². The van der Waals surface area contributed by atoms with Crippen molar-refractivity contribution in [3.8, 4) is 0 Å². The summed E-state index contributed by atoms with van der Waals surface area (Å²) >= 11 is 0.